The highest BCUT2D eigenvalue weighted by Gasteiger charge is 2.44. The molecule has 0 spiro atoms. The SMILES string of the molecule is CC.CCC1(CN2CC(CN3CCC(N4CCN(C)CC4)CC3)C2)CC1. The Morgan fingerprint density at radius 1 is 0.846 bits per heavy atom. The maximum Gasteiger partial charge on any atom is 0.0121 e. The fraction of sp³-hybridized carbons (Fsp3) is 1.00. The van der Waals surface area contributed by atoms with Gasteiger partial charge in [-0.15, -0.1) is 0 Å². The van der Waals surface area contributed by atoms with Gasteiger partial charge in [0.25, 0.3) is 0 Å². The van der Waals surface area contributed by atoms with Crippen molar-refractivity contribution in [1.82, 2.24) is 19.6 Å². The molecule has 0 aromatic rings. The molecule has 0 amide bonds. The van der Waals surface area contributed by atoms with E-state index < -0.39 is 0 Å². The van der Waals surface area contributed by atoms with Crippen LogP contribution >= 0.6 is 0 Å². The van der Waals surface area contributed by atoms with Gasteiger partial charge < -0.3 is 14.7 Å². The molecule has 0 N–H and O–H groups in total. The third kappa shape index (κ3) is 5.21. The molecular weight excluding hydrogens is 320 g/mol. The molecule has 0 atom stereocenters. The van der Waals surface area contributed by atoms with Crippen molar-refractivity contribution in [3.63, 3.8) is 0 Å². The van der Waals surface area contributed by atoms with Crippen molar-refractivity contribution < 1.29 is 0 Å². The van der Waals surface area contributed by atoms with E-state index in [-0.39, 0.29) is 0 Å². The van der Waals surface area contributed by atoms with Crippen LogP contribution in [0.4, 0.5) is 0 Å². The lowest BCUT2D eigenvalue weighted by Gasteiger charge is -2.46. The van der Waals surface area contributed by atoms with E-state index in [0.717, 1.165) is 17.4 Å². The van der Waals surface area contributed by atoms with Crippen molar-refractivity contribution in [1.29, 1.82) is 0 Å². The van der Waals surface area contributed by atoms with Crippen LogP contribution in [0.25, 0.3) is 0 Å². The third-order valence-corrected chi connectivity index (χ3v) is 7.43. The zero-order valence-corrected chi connectivity index (χ0v) is 18.1. The summed E-state index contributed by atoms with van der Waals surface area (Å²) in [5.41, 5.74) is 0.742. The molecule has 1 saturated carbocycles. The Labute approximate surface area is 162 Å². The number of piperazine rings is 1. The Hall–Kier alpha value is -0.160. The average Bonchev–Trinajstić information content (AvgIpc) is 3.43. The van der Waals surface area contributed by atoms with Crippen LogP contribution in [0.2, 0.25) is 0 Å². The van der Waals surface area contributed by atoms with E-state index in [4.69, 9.17) is 0 Å². The third-order valence-electron chi connectivity index (χ3n) is 7.43. The first-order valence-electron chi connectivity index (χ1n) is 11.5. The maximum atomic E-state index is 2.77. The topological polar surface area (TPSA) is 13.0 Å². The average molecular weight is 365 g/mol. The van der Waals surface area contributed by atoms with Crippen molar-refractivity contribution in [2.75, 3.05) is 72.5 Å². The van der Waals surface area contributed by atoms with Crippen molar-refractivity contribution in [3.05, 3.63) is 0 Å². The van der Waals surface area contributed by atoms with Gasteiger partial charge >= 0.3 is 0 Å². The summed E-state index contributed by atoms with van der Waals surface area (Å²) >= 11 is 0. The first-order valence-corrected chi connectivity index (χ1v) is 11.5. The smallest absolute Gasteiger partial charge is 0.0121 e. The Balaban J connectivity index is 0.000000948. The van der Waals surface area contributed by atoms with Crippen molar-refractivity contribution in [3.8, 4) is 0 Å². The van der Waals surface area contributed by atoms with Crippen LogP contribution in [0, 0.1) is 11.3 Å². The van der Waals surface area contributed by atoms with Crippen molar-refractivity contribution >= 4 is 0 Å². The van der Waals surface area contributed by atoms with Gasteiger partial charge in [-0.05, 0) is 63.6 Å². The second-order valence-electron chi connectivity index (χ2n) is 9.28. The minimum Gasteiger partial charge on any atom is -0.304 e. The largest absolute Gasteiger partial charge is 0.304 e. The zero-order chi connectivity index (χ0) is 18.6. The Morgan fingerprint density at radius 2 is 1.46 bits per heavy atom. The molecule has 4 heteroatoms. The Morgan fingerprint density at radius 3 is 2.00 bits per heavy atom. The maximum absolute atomic E-state index is 2.77. The van der Waals surface area contributed by atoms with E-state index in [0.29, 0.717) is 0 Å². The summed E-state index contributed by atoms with van der Waals surface area (Å²) in [5, 5.41) is 0. The summed E-state index contributed by atoms with van der Waals surface area (Å²) < 4.78 is 0. The van der Waals surface area contributed by atoms with E-state index in [1.165, 1.54) is 97.6 Å². The highest BCUT2D eigenvalue weighted by Crippen LogP contribution is 2.49. The fourth-order valence-electron chi connectivity index (χ4n) is 5.22. The lowest BCUT2D eigenvalue weighted by molar-refractivity contribution is 0.0262. The molecule has 4 rings (SSSR count). The van der Waals surface area contributed by atoms with E-state index >= 15 is 0 Å². The molecule has 0 bridgehead atoms. The first-order chi connectivity index (χ1) is 12.7. The number of rotatable bonds is 6. The van der Waals surface area contributed by atoms with Gasteiger partial charge in [0.05, 0.1) is 0 Å². The van der Waals surface area contributed by atoms with Crippen LogP contribution in [0.3, 0.4) is 0 Å². The second-order valence-corrected chi connectivity index (χ2v) is 9.28. The fourth-order valence-corrected chi connectivity index (χ4v) is 5.22. The number of likely N-dealkylation sites (N-methyl/N-ethyl adjacent to an activating group) is 1. The van der Waals surface area contributed by atoms with E-state index in [1.807, 2.05) is 13.8 Å². The van der Waals surface area contributed by atoms with Crippen LogP contribution in [0.1, 0.15) is 52.9 Å². The summed E-state index contributed by atoms with van der Waals surface area (Å²) in [4.78, 5) is 10.7. The summed E-state index contributed by atoms with van der Waals surface area (Å²) in [6.07, 6.45) is 7.18. The number of hydrogen-bond donors (Lipinski definition) is 0. The predicted octanol–water partition coefficient (Wildman–Crippen LogP) is 2.85. The number of likely N-dealkylation sites (tertiary alicyclic amines) is 2. The first kappa shape index (κ1) is 20.6. The van der Waals surface area contributed by atoms with Crippen LogP contribution < -0.4 is 0 Å². The molecule has 4 fully saturated rings. The molecule has 0 unspecified atom stereocenters. The summed E-state index contributed by atoms with van der Waals surface area (Å²) in [7, 11) is 2.26. The number of nitrogens with zero attached hydrogens (tertiary/aromatic N) is 4. The minimum atomic E-state index is 0.742. The normalized spacial score (nSPS) is 29.1. The quantitative estimate of drug-likeness (QED) is 0.718. The van der Waals surface area contributed by atoms with Crippen LogP contribution in [0.5, 0.6) is 0 Å². The molecule has 0 aromatic carbocycles. The molecule has 0 radical (unpaired) electrons. The minimum absolute atomic E-state index is 0.742. The highest BCUT2D eigenvalue weighted by atomic mass is 15.3. The molecular formula is C22H44N4. The molecule has 4 nitrogen and oxygen atoms in total. The van der Waals surface area contributed by atoms with E-state index in [1.54, 1.807) is 0 Å². The van der Waals surface area contributed by atoms with Crippen molar-refractivity contribution in [2.24, 2.45) is 11.3 Å². The lowest BCUT2D eigenvalue weighted by Crippen LogP contribution is -2.55. The van der Waals surface area contributed by atoms with Gasteiger partial charge in [0.2, 0.25) is 0 Å². The van der Waals surface area contributed by atoms with Crippen molar-refractivity contribution in [2.45, 2.75) is 58.9 Å². The summed E-state index contributed by atoms with van der Waals surface area (Å²) in [6.45, 7) is 19.7. The Bertz CT molecular complexity index is 400. The molecule has 3 aliphatic heterocycles. The van der Waals surface area contributed by atoms with Gasteiger partial charge in [-0.1, -0.05) is 20.8 Å². The summed E-state index contributed by atoms with van der Waals surface area (Å²) in [6, 6.07) is 0.868. The lowest BCUT2D eigenvalue weighted by atomic mass is 9.93. The van der Waals surface area contributed by atoms with E-state index in [9.17, 15) is 0 Å². The van der Waals surface area contributed by atoms with Crippen LogP contribution in [0.15, 0.2) is 0 Å². The molecule has 4 aliphatic rings. The van der Waals surface area contributed by atoms with Gasteiger partial charge in [0.15, 0.2) is 0 Å². The zero-order valence-electron chi connectivity index (χ0n) is 18.1. The molecule has 3 saturated heterocycles. The molecule has 26 heavy (non-hydrogen) atoms. The number of hydrogen-bond acceptors (Lipinski definition) is 4. The summed E-state index contributed by atoms with van der Waals surface area (Å²) in [5.74, 6) is 0.956. The monoisotopic (exact) mass is 364 g/mol. The van der Waals surface area contributed by atoms with Gasteiger partial charge in [0.1, 0.15) is 0 Å². The predicted molar refractivity (Wildman–Crippen MR) is 112 cm³/mol. The highest BCUT2D eigenvalue weighted by molar-refractivity contribution is 4.97. The molecule has 1 aliphatic carbocycles. The molecule has 0 aromatic heterocycles. The van der Waals surface area contributed by atoms with Gasteiger partial charge in [0, 0.05) is 58.4 Å². The molecule has 3 heterocycles. The van der Waals surface area contributed by atoms with Crippen LogP contribution in [-0.4, -0.2) is 98.1 Å². The second kappa shape index (κ2) is 9.36. The van der Waals surface area contributed by atoms with Gasteiger partial charge in [-0.2, -0.15) is 0 Å². The molecule has 152 valence electrons. The van der Waals surface area contributed by atoms with Gasteiger partial charge in [-0.3, -0.25) is 4.90 Å². The van der Waals surface area contributed by atoms with Crippen LogP contribution in [-0.2, 0) is 0 Å². The van der Waals surface area contributed by atoms with E-state index in [2.05, 4.69) is 33.6 Å². The standard InChI is InChI=1S/C20H38N4.C2H6/c1-3-20(6-7-20)17-23-15-18(16-23)14-22-8-4-19(5-9-22)24-12-10-21(2)11-13-24;1-2/h18-19H,3-17H2,1-2H3;1-2H3. The van der Waals surface area contributed by atoms with Gasteiger partial charge in [-0.25, -0.2) is 0 Å². The number of piperidine rings is 1. The Kier molecular flexibility index (Phi) is 7.40.